The fraction of sp³-hybridized carbons (Fsp3) is 0.364. The predicted molar refractivity (Wildman–Crippen MR) is 110 cm³/mol. The van der Waals surface area contributed by atoms with E-state index in [2.05, 4.69) is 10.6 Å². The van der Waals surface area contributed by atoms with E-state index in [1.165, 1.54) is 0 Å². The van der Waals surface area contributed by atoms with E-state index >= 15 is 0 Å². The summed E-state index contributed by atoms with van der Waals surface area (Å²) in [6.07, 6.45) is -0.941. The SMILES string of the molecule is CC(C)(C)OC(=O)NCCOc1ccc(CNC(=O)OCc2ccccc2)cc1. The smallest absolute Gasteiger partial charge is 0.407 e. The Morgan fingerprint density at radius 1 is 0.862 bits per heavy atom. The van der Waals surface area contributed by atoms with Gasteiger partial charge in [0.15, 0.2) is 0 Å². The largest absolute Gasteiger partial charge is 0.492 e. The molecule has 2 rings (SSSR count). The van der Waals surface area contributed by atoms with Gasteiger partial charge in [0, 0.05) is 6.54 Å². The molecule has 0 fully saturated rings. The number of benzene rings is 2. The highest BCUT2D eigenvalue weighted by Gasteiger charge is 2.15. The Morgan fingerprint density at radius 2 is 1.55 bits per heavy atom. The van der Waals surface area contributed by atoms with Gasteiger partial charge >= 0.3 is 12.2 Å². The molecule has 0 atom stereocenters. The van der Waals surface area contributed by atoms with Gasteiger partial charge in [0.25, 0.3) is 0 Å². The van der Waals surface area contributed by atoms with Crippen molar-refractivity contribution in [1.29, 1.82) is 0 Å². The molecule has 0 aliphatic heterocycles. The van der Waals surface area contributed by atoms with Crippen LogP contribution in [-0.2, 0) is 22.6 Å². The normalized spacial score (nSPS) is 10.7. The van der Waals surface area contributed by atoms with E-state index in [1.807, 2.05) is 63.2 Å². The summed E-state index contributed by atoms with van der Waals surface area (Å²) in [5.74, 6) is 0.673. The Bertz CT molecular complexity index is 770. The standard InChI is InChI=1S/C22H28N2O5/c1-22(2,3)29-21(26)23-13-14-27-19-11-9-17(10-12-19)15-24-20(25)28-16-18-7-5-4-6-8-18/h4-12H,13-16H2,1-3H3,(H,23,26)(H,24,25). The average molecular weight is 400 g/mol. The van der Waals surface area contributed by atoms with Crippen LogP contribution in [0.1, 0.15) is 31.9 Å². The molecule has 0 aromatic heterocycles. The lowest BCUT2D eigenvalue weighted by Crippen LogP contribution is -2.34. The van der Waals surface area contributed by atoms with Gasteiger partial charge in [-0.15, -0.1) is 0 Å². The van der Waals surface area contributed by atoms with Crippen LogP contribution in [-0.4, -0.2) is 30.9 Å². The van der Waals surface area contributed by atoms with Crippen LogP contribution in [0.15, 0.2) is 54.6 Å². The number of hydrogen-bond acceptors (Lipinski definition) is 5. The third kappa shape index (κ3) is 9.51. The van der Waals surface area contributed by atoms with Gasteiger partial charge in [-0.3, -0.25) is 0 Å². The van der Waals surface area contributed by atoms with E-state index < -0.39 is 17.8 Å². The van der Waals surface area contributed by atoms with Crippen LogP contribution in [0.25, 0.3) is 0 Å². The zero-order valence-corrected chi connectivity index (χ0v) is 17.1. The van der Waals surface area contributed by atoms with Gasteiger partial charge in [0.2, 0.25) is 0 Å². The highest BCUT2D eigenvalue weighted by atomic mass is 16.6. The Kier molecular flexibility index (Phi) is 8.33. The molecule has 7 heteroatoms. The maximum absolute atomic E-state index is 11.8. The van der Waals surface area contributed by atoms with Crippen LogP contribution in [0.5, 0.6) is 5.75 Å². The summed E-state index contributed by atoms with van der Waals surface area (Å²) >= 11 is 0. The molecule has 0 bridgehead atoms. The second kappa shape index (κ2) is 10.9. The first-order chi connectivity index (χ1) is 13.8. The van der Waals surface area contributed by atoms with Crippen molar-refractivity contribution in [2.45, 2.75) is 39.5 Å². The third-order valence-corrected chi connectivity index (χ3v) is 3.61. The van der Waals surface area contributed by atoms with Gasteiger partial charge in [0.05, 0.1) is 6.54 Å². The number of carbonyl (C=O) groups excluding carboxylic acids is 2. The molecule has 156 valence electrons. The molecule has 0 saturated heterocycles. The molecule has 2 aromatic carbocycles. The summed E-state index contributed by atoms with van der Waals surface area (Å²) in [7, 11) is 0. The maximum Gasteiger partial charge on any atom is 0.407 e. The third-order valence-electron chi connectivity index (χ3n) is 3.61. The van der Waals surface area contributed by atoms with Crippen LogP contribution in [0, 0.1) is 0 Å². The monoisotopic (exact) mass is 400 g/mol. The molecule has 29 heavy (non-hydrogen) atoms. The second-order valence-corrected chi connectivity index (χ2v) is 7.34. The van der Waals surface area contributed by atoms with Crippen LogP contribution in [0.4, 0.5) is 9.59 Å². The molecule has 0 saturated carbocycles. The first-order valence-corrected chi connectivity index (χ1v) is 9.45. The molecule has 7 nitrogen and oxygen atoms in total. The van der Waals surface area contributed by atoms with Crippen molar-refractivity contribution >= 4 is 12.2 Å². The van der Waals surface area contributed by atoms with Crippen LogP contribution >= 0.6 is 0 Å². The van der Waals surface area contributed by atoms with E-state index in [0.717, 1.165) is 11.1 Å². The number of hydrogen-bond donors (Lipinski definition) is 2. The van der Waals surface area contributed by atoms with E-state index in [0.29, 0.717) is 25.4 Å². The zero-order valence-electron chi connectivity index (χ0n) is 17.1. The minimum atomic E-state index is -0.525. The van der Waals surface area contributed by atoms with Crippen molar-refractivity contribution in [2.75, 3.05) is 13.2 Å². The number of amides is 2. The molecule has 2 amide bonds. The number of nitrogens with one attached hydrogen (secondary N) is 2. The lowest BCUT2D eigenvalue weighted by Gasteiger charge is -2.19. The Labute approximate surface area is 171 Å². The molecular formula is C22H28N2O5. The molecule has 2 aromatic rings. The number of rotatable bonds is 8. The summed E-state index contributed by atoms with van der Waals surface area (Å²) in [6, 6.07) is 16.8. The second-order valence-electron chi connectivity index (χ2n) is 7.34. The number of carbonyl (C=O) groups is 2. The average Bonchev–Trinajstić information content (AvgIpc) is 2.68. The number of alkyl carbamates (subject to hydrolysis) is 2. The maximum atomic E-state index is 11.8. The van der Waals surface area contributed by atoms with E-state index in [-0.39, 0.29) is 6.61 Å². The fourth-order valence-electron chi connectivity index (χ4n) is 2.29. The van der Waals surface area contributed by atoms with Crippen molar-refractivity contribution in [1.82, 2.24) is 10.6 Å². The topological polar surface area (TPSA) is 85.9 Å². The first kappa shape index (κ1) is 22.1. The minimum Gasteiger partial charge on any atom is -0.492 e. The fourth-order valence-corrected chi connectivity index (χ4v) is 2.29. The molecule has 2 N–H and O–H groups in total. The summed E-state index contributed by atoms with van der Waals surface area (Å²) in [4.78, 5) is 23.3. The summed E-state index contributed by atoms with van der Waals surface area (Å²) in [6.45, 7) is 6.67. The summed E-state index contributed by atoms with van der Waals surface area (Å²) in [5.41, 5.74) is 1.33. The quantitative estimate of drug-likeness (QED) is 0.654. The van der Waals surface area contributed by atoms with Gasteiger partial charge in [0.1, 0.15) is 24.6 Å². The lowest BCUT2D eigenvalue weighted by atomic mass is 10.2. The first-order valence-electron chi connectivity index (χ1n) is 9.45. The molecule has 0 radical (unpaired) electrons. The van der Waals surface area contributed by atoms with Crippen molar-refractivity contribution in [3.63, 3.8) is 0 Å². The molecule has 0 aliphatic rings. The summed E-state index contributed by atoms with van der Waals surface area (Å²) < 4.78 is 15.9. The lowest BCUT2D eigenvalue weighted by molar-refractivity contribution is 0.0520. The van der Waals surface area contributed by atoms with Gasteiger partial charge in [-0.25, -0.2) is 9.59 Å². The van der Waals surface area contributed by atoms with Crippen LogP contribution in [0.3, 0.4) is 0 Å². The number of ether oxygens (including phenoxy) is 3. The van der Waals surface area contributed by atoms with Crippen molar-refractivity contribution in [3.8, 4) is 5.75 Å². The minimum absolute atomic E-state index is 0.233. The van der Waals surface area contributed by atoms with E-state index in [9.17, 15) is 9.59 Å². The van der Waals surface area contributed by atoms with Crippen LogP contribution in [0.2, 0.25) is 0 Å². The molecule has 0 unspecified atom stereocenters. The van der Waals surface area contributed by atoms with Crippen molar-refractivity contribution < 1.29 is 23.8 Å². The molecule has 0 aliphatic carbocycles. The highest BCUT2D eigenvalue weighted by molar-refractivity contribution is 5.67. The van der Waals surface area contributed by atoms with Gasteiger partial charge in [-0.1, -0.05) is 42.5 Å². The van der Waals surface area contributed by atoms with Gasteiger partial charge in [-0.2, -0.15) is 0 Å². The van der Waals surface area contributed by atoms with E-state index in [4.69, 9.17) is 14.2 Å². The van der Waals surface area contributed by atoms with E-state index in [1.54, 1.807) is 12.1 Å². The van der Waals surface area contributed by atoms with Crippen molar-refractivity contribution in [2.24, 2.45) is 0 Å². The van der Waals surface area contributed by atoms with Gasteiger partial charge in [-0.05, 0) is 44.0 Å². The van der Waals surface area contributed by atoms with Crippen molar-refractivity contribution in [3.05, 3.63) is 65.7 Å². The molecule has 0 spiro atoms. The Hall–Kier alpha value is -3.22. The molecular weight excluding hydrogens is 372 g/mol. The van der Waals surface area contributed by atoms with Gasteiger partial charge < -0.3 is 24.8 Å². The Morgan fingerprint density at radius 3 is 2.21 bits per heavy atom. The highest BCUT2D eigenvalue weighted by Crippen LogP contribution is 2.12. The Balaban J connectivity index is 1.62. The predicted octanol–water partition coefficient (Wildman–Crippen LogP) is 4.02. The van der Waals surface area contributed by atoms with Crippen LogP contribution < -0.4 is 15.4 Å². The molecule has 0 heterocycles. The zero-order chi connectivity index (χ0) is 21.1. The summed E-state index contributed by atoms with van der Waals surface area (Å²) in [5, 5.41) is 5.34.